The average molecular weight is 343 g/mol. The van der Waals surface area contributed by atoms with Gasteiger partial charge < -0.3 is 10.2 Å². The monoisotopic (exact) mass is 343 g/mol. The molecule has 0 aliphatic carbocycles. The van der Waals surface area contributed by atoms with Gasteiger partial charge in [-0.05, 0) is 48.2 Å². The lowest BCUT2D eigenvalue weighted by molar-refractivity contribution is 0.0792. The maximum Gasteiger partial charge on any atom is 0.255 e. The fraction of sp³-hybridized carbons (Fsp3) is 0.182. The SMILES string of the molecule is O=C(c1ccc(Nc2cccc(-c3ccccc3)c2)nc1)N1CCCC1. The molecule has 1 saturated heterocycles. The lowest BCUT2D eigenvalue weighted by atomic mass is 10.1. The lowest BCUT2D eigenvalue weighted by Gasteiger charge is -2.15. The summed E-state index contributed by atoms with van der Waals surface area (Å²) >= 11 is 0. The van der Waals surface area contributed by atoms with Gasteiger partial charge in [-0.2, -0.15) is 0 Å². The second-order valence-corrected chi connectivity index (χ2v) is 6.50. The van der Waals surface area contributed by atoms with Crippen LogP contribution >= 0.6 is 0 Å². The highest BCUT2D eigenvalue weighted by molar-refractivity contribution is 5.94. The van der Waals surface area contributed by atoms with Gasteiger partial charge in [-0.1, -0.05) is 42.5 Å². The largest absolute Gasteiger partial charge is 0.340 e. The van der Waals surface area contributed by atoms with Crippen LogP contribution in [0.5, 0.6) is 0 Å². The van der Waals surface area contributed by atoms with Crippen molar-refractivity contribution < 1.29 is 4.79 Å². The van der Waals surface area contributed by atoms with Crippen molar-refractivity contribution in [3.05, 3.63) is 78.5 Å². The van der Waals surface area contributed by atoms with Crippen LogP contribution in [0.4, 0.5) is 11.5 Å². The molecule has 130 valence electrons. The van der Waals surface area contributed by atoms with Gasteiger partial charge >= 0.3 is 0 Å². The highest BCUT2D eigenvalue weighted by atomic mass is 16.2. The van der Waals surface area contributed by atoms with E-state index in [2.05, 4.69) is 34.6 Å². The Morgan fingerprint density at radius 3 is 2.38 bits per heavy atom. The zero-order valence-corrected chi connectivity index (χ0v) is 14.6. The van der Waals surface area contributed by atoms with Crippen molar-refractivity contribution in [2.75, 3.05) is 18.4 Å². The number of rotatable bonds is 4. The fourth-order valence-electron chi connectivity index (χ4n) is 3.25. The number of benzene rings is 2. The van der Waals surface area contributed by atoms with Gasteiger partial charge in [0.2, 0.25) is 0 Å². The number of amides is 1. The number of pyridine rings is 1. The molecule has 0 bridgehead atoms. The Bertz CT molecular complexity index is 885. The summed E-state index contributed by atoms with van der Waals surface area (Å²) in [5, 5.41) is 3.31. The van der Waals surface area contributed by atoms with Crippen LogP contribution in [0.25, 0.3) is 11.1 Å². The molecule has 1 fully saturated rings. The van der Waals surface area contributed by atoms with Crippen LogP contribution in [0.1, 0.15) is 23.2 Å². The number of aromatic nitrogens is 1. The smallest absolute Gasteiger partial charge is 0.255 e. The van der Waals surface area contributed by atoms with Crippen LogP contribution in [0.2, 0.25) is 0 Å². The normalized spacial score (nSPS) is 13.6. The number of anilines is 2. The zero-order valence-electron chi connectivity index (χ0n) is 14.6. The first kappa shape index (κ1) is 16.3. The van der Waals surface area contributed by atoms with Crippen molar-refractivity contribution in [1.82, 2.24) is 9.88 Å². The summed E-state index contributed by atoms with van der Waals surface area (Å²) in [7, 11) is 0. The molecule has 4 nitrogen and oxygen atoms in total. The molecule has 0 unspecified atom stereocenters. The van der Waals surface area contributed by atoms with Gasteiger partial charge in [-0.3, -0.25) is 4.79 Å². The average Bonchev–Trinajstić information content (AvgIpc) is 3.24. The number of hydrogen-bond acceptors (Lipinski definition) is 3. The van der Waals surface area contributed by atoms with E-state index in [1.165, 1.54) is 5.56 Å². The minimum Gasteiger partial charge on any atom is -0.340 e. The molecule has 3 aromatic rings. The number of likely N-dealkylation sites (tertiary alicyclic amines) is 1. The minimum absolute atomic E-state index is 0.0765. The summed E-state index contributed by atoms with van der Waals surface area (Å²) in [5.74, 6) is 0.806. The first-order valence-corrected chi connectivity index (χ1v) is 8.97. The molecule has 0 saturated carbocycles. The molecule has 1 amide bonds. The highest BCUT2D eigenvalue weighted by Crippen LogP contribution is 2.24. The number of carbonyl (C=O) groups excluding carboxylic acids is 1. The van der Waals surface area contributed by atoms with E-state index < -0.39 is 0 Å². The van der Waals surface area contributed by atoms with E-state index in [9.17, 15) is 4.79 Å². The second-order valence-electron chi connectivity index (χ2n) is 6.50. The summed E-state index contributed by atoms with van der Waals surface area (Å²) in [6, 6.07) is 22.2. The predicted molar refractivity (Wildman–Crippen MR) is 105 cm³/mol. The van der Waals surface area contributed by atoms with Crippen LogP contribution in [0.3, 0.4) is 0 Å². The molecule has 2 heterocycles. The van der Waals surface area contributed by atoms with Crippen molar-refractivity contribution >= 4 is 17.4 Å². The van der Waals surface area contributed by atoms with E-state index in [0.717, 1.165) is 43.0 Å². The van der Waals surface area contributed by atoms with Gasteiger partial charge in [-0.15, -0.1) is 0 Å². The van der Waals surface area contributed by atoms with E-state index in [0.29, 0.717) is 5.56 Å². The Morgan fingerprint density at radius 1 is 0.885 bits per heavy atom. The third-order valence-electron chi connectivity index (χ3n) is 4.65. The minimum atomic E-state index is 0.0765. The Labute approximate surface area is 153 Å². The third-order valence-corrected chi connectivity index (χ3v) is 4.65. The second kappa shape index (κ2) is 7.40. The number of hydrogen-bond donors (Lipinski definition) is 1. The van der Waals surface area contributed by atoms with E-state index in [1.54, 1.807) is 6.20 Å². The molecule has 0 spiro atoms. The molecule has 2 aromatic carbocycles. The number of nitrogens with one attached hydrogen (secondary N) is 1. The van der Waals surface area contributed by atoms with Crippen molar-refractivity contribution in [3.8, 4) is 11.1 Å². The van der Waals surface area contributed by atoms with Gasteiger partial charge in [0.25, 0.3) is 5.91 Å². The number of carbonyl (C=O) groups is 1. The van der Waals surface area contributed by atoms with Gasteiger partial charge in [0.15, 0.2) is 0 Å². The molecule has 0 atom stereocenters. The van der Waals surface area contributed by atoms with Crippen molar-refractivity contribution in [3.63, 3.8) is 0 Å². The molecular weight excluding hydrogens is 322 g/mol. The predicted octanol–water partition coefficient (Wildman–Crippen LogP) is 4.73. The molecule has 4 heteroatoms. The van der Waals surface area contributed by atoms with Crippen LogP contribution in [0.15, 0.2) is 72.9 Å². The maximum absolute atomic E-state index is 12.4. The van der Waals surface area contributed by atoms with E-state index >= 15 is 0 Å². The molecule has 26 heavy (non-hydrogen) atoms. The van der Waals surface area contributed by atoms with Crippen LogP contribution < -0.4 is 5.32 Å². The summed E-state index contributed by atoms with van der Waals surface area (Å²) in [5.41, 5.74) is 3.94. The van der Waals surface area contributed by atoms with Crippen molar-refractivity contribution in [2.45, 2.75) is 12.8 Å². The Kier molecular flexibility index (Phi) is 4.65. The highest BCUT2D eigenvalue weighted by Gasteiger charge is 2.19. The van der Waals surface area contributed by atoms with Gasteiger partial charge in [0.1, 0.15) is 5.82 Å². The summed E-state index contributed by atoms with van der Waals surface area (Å²) in [6.45, 7) is 1.70. The number of nitrogens with zero attached hydrogens (tertiary/aromatic N) is 2. The lowest BCUT2D eigenvalue weighted by Crippen LogP contribution is -2.27. The maximum atomic E-state index is 12.4. The van der Waals surface area contributed by atoms with E-state index in [-0.39, 0.29) is 5.91 Å². The molecule has 1 aliphatic rings. The summed E-state index contributed by atoms with van der Waals surface area (Å²) in [4.78, 5) is 18.7. The molecule has 1 aromatic heterocycles. The molecule has 1 aliphatic heterocycles. The molecule has 1 N–H and O–H groups in total. The van der Waals surface area contributed by atoms with Crippen molar-refractivity contribution in [1.29, 1.82) is 0 Å². The Morgan fingerprint density at radius 2 is 1.65 bits per heavy atom. The molecule has 0 radical (unpaired) electrons. The first-order chi connectivity index (χ1) is 12.8. The topological polar surface area (TPSA) is 45.2 Å². The first-order valence-electron chi connectivity index (χ1n) is 8.97. The van der Waals surface area contributed by atoms with Gasteiger partial charge in [0, 0.05) is 25.0 Å². The fourth-order valence-corrected chi connectivity index (χ4v) is 3.25. The standard InChI is InChI=1S/C22H21N3O/c26-22(25-13-4-5-14-25)19-11-12-21(23-16-19)24-20-10-6-9-18(15-20)17-7-2-1-3-8-17/h1-3,6-12,15-16H,4-5,13-14H2,(H,23,24). The van der Waals surface area contributed by atoms with Gasteiger partial charge in [0.05, 0.1) is 5.56 Å². The van der Waals surface area contributed by atoms with E-state index in [1.807, 2.05) is 47.4 Å². The summed E-state index contributed by atoms with van der Waals surface area (Å²) in [6.07, 6.45) is 3.84. The quantitative estimate of drug-likeness (QED) is 0.745. The third kappa shape index (κ3) is 3.59. The van der Waals surface area contributed by atoms with E-state index in [4.69, 9.17) is 0 Å². The van der Waals surface area contributed by atoms with Gasteiger partial charge in [-0.25, -0.2) is 4.98 Å². The Hall–Kier alpha value is -3.14. The van der Waals surface area contributed by atoms with Crippen LogP contribution in [-0.4, -0.2) is 28.9 Å². The zero-order chi connectivity index (χ0) is 17.8. The summed E-state index contributed by atoms with van der Waals surface area (Å²) < 4.78 is 0. The van der Waals surface area contributed by atoms with Crippen LogP contribution in [-0.2, 0) is 0 Å². The molecular formula is C22H21N3O. The van der Waals surface area contributed by atoms with Crippen molar-refractivity contribution in [2.24, 2.45) is 0 Å². The Balaban J connectivity index is 1.48. The van der Waals surface area contributed by atoms with Crippen LogP contribution in [0, 0.1) is 0 Å². The molecule has 4 rings (SSSR count).